The number of hydrogen-bond donors (Lipinski definition) is 1. The highest BCUT2D eigenvalue weighted by Crippen LogP contribution is 2.23. The van der Waals surface area contributed by atoms with Gasteiger partial charge < -0.3 is 9.47 Å². The van der Waals surface area contributed by atoms with E-state index in [9.17, 15) is 8.78 Å². The second kappa shape index (κ2) is 6.54. The zero-order valence-electron chi connectivity index (χ0n) is 10.4. The van der Waals surface area contributed by atoms with Gasteiger partial charge >= 0.3 is 0 Å². The molecule has 0 unspecified atom stereocenters. The molecule has 102 valence electrons. The molecule has 3 nitrogen and oxygen atoms in total. The molecule has 18 heavy (non-hydrogen) atoms. The van der Waals surface area contributed by atoms with E-state index in [-0.39, 0.29) is 24.1 Å². The van der Waals surface area contributed by atoms with Gasteiger partial charge in [-0.1, -0.05) is 0 Å². The van der Waals surface area contributed by atoms with Crippen molar-refractivity contribution < 1.29 is 18.3 Å². The van der Waals surface area contributed by atoms with Gasteiger partial charge in [-0.05, 0) is 32.9 Å². The van der Waals surface area contributed by atoms with Gasteiger partial charge in [-0.25, -0.2) is 8.78 Å². The Bertz CT molecular complexity index is 425. The lowest BCUT2D eigenvalue weighted by Crippen LogP contribution is -2.39. The Morgan fingerprint density at radius 2 is 1.94 bits per heavy atom. The van der Waals surface area contributed by atoms with E-state index >= 15 is 0 Å². The van der Waals surface area contributed by atoms with Crippen molar-refractivity contribution in [3.63, 3.8) is 0 Å². The minimum atomic E-state index is -1.10. The van der Waals surface area contributed by atoms with Crippen LogP contribution < -0.4 is 4.74 Å². The minimum absolute atomic E-state index is 0. The molecule has 0 atom stereocenters. The van der Waals surface area contributed by atoms with Gasteiger partial charge in [-0.2, -0.15) is 0 Å². The lowest BCUT2D eigenvalue weighted by molar-refractivity contribution is 0.132. The van der Waals surface area contributed by atoms with E-state index < -0.39 is 17.2 Å². The van der Waals surface area contributed by atoms with Crippen molar-refractivity contribution in [1.29, 1.82) is 5.41 Å². The van der Waals surface area contributed by atoms with Crippen LogP contribution in [0.4, 0.5) is 8.78 Å². The highest BCUT2D eigenvalue weighted by Gasteiger charge is 2.29. The van der Waals surface area contributed by atoms with Crippen molar-refractivity contribution in [3.8, 4) is 5.75 Å². The molecule has 0 radical (unpaired) electrons. The summed E-state index contributed by atoms with van der Waals surface area (Å²) in [6, 6.07) is 3.01. The average molecular weight is 280 g/mol. The molecule has 1 aromatic rings. The number of benzene rings is 1. The lowest BCUT2D eigenvalue weighted by Gasteiger charge is -2.26. The SMILES string of the molecule is CCOC(=N)C(C)(C)Oc1ccc(F)cc1F.Cl. The third-order valence-corrected chi connectivity index (χ3v) is 2.09. The Labute approximate surface area is 111 Å². The Morgan fingerprint density at radius 1 is 1.33 bits per heavy atom. The van der Waals surface area contributed by atoms with Crippen LogP contribution in [0.15, 0.2) is 18.2 Å². The van der Waals surface area contributed by atoms with Gasteiger partial charge in [0, 0.05) is 6.07 Å². The van der Waals surface area contributed by atoms with E-state index in [0.717, 1.165) is 12.1 Å². The fraction of sp³-hybridized carbons (Fsp3) is 0.417. The molecule has 0 fully saturated rings. The molecule has 0 spiro atoms. The molecule has 0 saturated carbocycles. The summed E-state index contributed by atoms with van der Waals surface area (Å²) in [6.45, 7) is 5.22. The summed E-state index contributed by atoms with van der Waals surface area (Å²) < 4.78 is 36.4. The fourth-order valence-corrected chi connectivity index (χ4v) is 1.20. The van der Waals surface area contributed by atoms with Gasteiger partial charge in [0.25, 0.3) is 0 Å². The zero-order valence-corrected chi connectivity index (χ0v) is 11.2. The molecule has 0 heterocycles. The number of rotatable bonds is 4. The average Bonchev–Trinajstić information content (AvgIpc) is 2.22. The van der Waals surface area contributed by atoms with Crippen LogP contribution in [0.1, 0.15) is 20.8 Å². The number of nitrogens with one attached hydrogen (secondary N) is 1. The van der Waals surface area contributed by atoms with Gasteiger partial charge in [-0.3, -0.25) is 5.41 Å². The fourth-order valence-electron chi connectivity index (χ4n) is 1.20. The van der Waals surface area contributed by atoms with Crippen LogP contribution in [-0.4, -0.2) is 18.1 Å². The van der Waals surface area contributed by atoms with Crippen LogP contribution in [0.5, 0.6) is 5.75 Å². The largest absolute Gasteiger partial charge is 0.479 e. The van der Waals surface area contributed by atoms with E-state index in [1.165, 1.54) is 6.07 Å². The molecule has 0 amide bonds. The summed E-state index contributed by atoms with van der Waals surface area (Å²) in [5.74, 6) is -1.69. The third-order valence-electron chi connectivity index (χ3n) is 2.09. The van der Waals surface area contributed by atoms with E-state index in [4.69, 9.17) is 14.9 Å². The Morgan fingerprint density at radius 3 is 2.44 bits per heavy atom. The molecule has 6 heteroatoms. The highest BCUT2D eigenvalue weighted by atomic mass is 35.5. The van der Waals surface area contributed by atoms with Crippen LogP contribution in [-0.2, 0) is 4.74 Å². The summed E-state index contributed by atoms with van der Waals surface area (Å²) in [4.78, 5) is 0. The Kier molecular flexibility index (Phi) is 6.05. The summed E-state index contributed by atoms with van der Waals surface area (Å²) in [5.41, 5.74) is -1.10. The molecule has 0 aliphatic heterocycles. The van der Waals surface area contributed by atoms with Gasteiger partial charge in [0.05, 0.1) is 6.61 Å². The molecule has 1 aromatic carbocycles. The van der Waals surface area contributed by atoms with Crippen LogP contribution in [0.3, 0.4) is 0 Å². The van der Waals surface area contributed by atoms with Crippen LogP contribution in [0.2, 0.25) is 0 Å². The summed E-state index contributed by atoms with van der Waals surface area (Å²) in [5, 5.41) is 7.61. The molecule has 0 saturated heterocycles. The molecule has 1 rings (SSSR count). The first-order chi connectivity index (χ1) is 7.86. The van der Waals surface area contributed by atoms with Crippen molar-refractivity contribution in [3.05, 3.63) is 29.8 Å². The van der Waals surface area contributed by atoms with Crippen LogP contribution in [0.25, 0.3) is 0 Å². The minimum Gasteiger partial charge on any atom is -0.479 e. The maximum absolute atomic E-state index is 13.4. The van der Waals surface area contributed by atoms with Crippen molar-refractivity contribution in [2.75, 3.05) is 6.61 Å². The molecular formula is C12H16ClF2NO2. The lowest BCUT2D eigenvalue weighted by atomic mass is 10.1. The summed E-state index contributed by atoms with van der Waals surface area (Å²) in [7, 11) is 0. The maximum Gasteiger partial charge on any atom is 0.225 e. The first-order valence-corrected chi connectivity index (χ1v) is 5.22. The summed E-state index contributed by atoms with van der Waals surface area (Å²) >= 11 is 0. The summed E-state index contributed by atoms with van der Waals surface area (Å²) in [6.07, 6.45) is 0. The van der Waals surface area contributed by atoms with Crippen molar-refractivity contribution in [1.82, 2.24) is 0 Å². The number of ether oxygens (including phenoxy) is 2. The normalized spacial score (nSPS) is 10.5. The third kappa shape index (κ3) is 4.14. The van der Waals surface area contributed by atoms with Crippen molar-refractivity contribution in [2.24, 2.45) is 0 Å². The van der Waals surface area contributed by atoms with Gasteiger partial charge in [0.1, 0.15) is 5.82 Å². The smallest absolute Gasteiger partial charge is 0.225 e. The predicted molar refractivity (Wildman–Crippen MR) is 67.7 cm³/mol. The monoisotopic (exact) mass is 279 g/mol. The van der Waals surface area contributed by atoms with Gasteiger partial charge in [0.15, 0.2) is 17.2 Å². The molecule has 0 aliphatic rings. The van der Waals surface area contributed by atoms with E-state index in [1.54, 1.807) is 20.8 Å². The quantitative estimate of drug-likeness (QED) is 0.676. The zero-order chi connectivity index (χ0) is 13.1. The second-order valence-corrected chi connectivity index (χ2v) is 3.95. The first kappa shape index (κ1) is 16.6. The van der Waals surface area contributed by atoms with Gasteiger partial charge in [-0.15, -0.1) is 12.4 Å². The van der Waals surface area contributed by atoms with E-state index in [1.807, 2.05) is 0 Å². The number of hydrogen-bond acceptors (Lipinski definition) is 3. The highest BCUT2D eigenvalue weighted by molar-refractivity contribution is 5.85. The molecule has 0 aromatic heterocycles. The first-order valence-electron chi connectivity index (χ1n) is 5.22. The van der Waals surface area contributed by atoms with Gasteiger partial charge in [0.2, 0.25) is 5.90 Å². The van der Waals surface area contributed by atoms with Crippen LogP contribution in [0, 0.1) is 17.0 Å². The van der Waals surface area contributed by atoms with E-state index in [2.05, 4.69) is 0 Å². The predicted octanol–water partition coefficient (Wildman–Crippen LogP) is 3.56. The number of halogens is 3. The standard InChI is InChI=1S/C12H15F2NO2.ClH/c1-4-16-11(15)12(2,3)17-10-6-5-8(13)7-9(10)14;/h5-7,15H,4H2,1-3H3;1H. The van der Waals surface area contributed by atoms with Crippen LogP contribution >= 0.6 is 12.4 Å². The molecule has 0 bridgehead atoms. The molecular weight excluding hydrogens is 264 g/mol. The Hall–Kier alpha value is -1.36. The maximum atomic E-state index is 13.4. The topological polar surface area (TPSA) is 42.3 Å². The Balaban J connectivity index is 0.00000289. The second-order valence-electron chi connectivity index (χ2n) is 3.95. The molecule has 1 N–H and O–H groups in total. The van der Waals surface area contributed by atoms with E-state index in [0.29, 0.717) is 6.61 Å². The van der Waals surface area contributed by atoms with Crippen molar-refractivity contribution >= 4 is 18.3 Å². The van der Waals surface area contributed by atoms with Crippen molar-refractivity contribution in [2.45, 2.75) is 26.4 Å². The molecule has 0 aliphatic carbocycles.